The molecule has 1 saturated carbocycles. The Morgan fingerprint density at radius 1 is 1.05 bits per heavy atom. The third-order valence-corrected chi connectivity index (χ3v) is 5.08. The third-order valence-electron chi connectivity index (χ3n) is 4.05. The second-order valence-corrected chi connectivity index (χ2v) is 6.84. The van der Waals surface area contributed by atoms with E-state index >= 15 is 0 Å². The Hall–Kier alpha value is -0.970. The first kappa shape index (κ1) is 17.4. The highest BCUT2D eigenvalue weighted by Crippen LogP contribution is 2.40. The molecule has 0 saturated heterocycles. The molecule has 2 N–H and O–H groups in total. The monoisotopic (exact) mass is 363 g/mol. The van der Waals surface area contributed by atoms with Gasteiger partial charge in [0.25, 0.3) is 0 Å². The zero-order valence-corrected chi connectivity index (χ0v) is 14.1. The number of rotatable bonds is 4. The molecule has 1 aromatic rings. The van der Waals surface area contributed by atoms with Crippen molar-refractivity contribution in [3.63, 3.8) is 0 Å². The second kappa shape index (κ2) is 7.07. The SMILES string of the molecule is O=C(CC1(C(=O)O)CCCCC1)Nc1cc(Cl)c(Cl)cc1Cl. The van der Waals surface area contributed by atoms with E-state index in [1.807, 2.05) is 0 Å². The number of carboxylic acids is 1. The first-order valence-electron chi connectivity index (χ1n) is 7.02. The van der Waals surface area contributed by atoms with Crippen LogP contribution in [0.15, 0.2) is 12.1 Å². The number of hydrogen-bond donors (Lipinski definition) is 2. The minimum atomic E-state index is -0.981. The van der Waals surface area contributed by atoms with Gasteiger partial charge in [0.1, 0.15) is 0 Å². The fraction of sp³-hybridized carbons (Fsp3) is 0.467. The third kappa shape index (κ3) is 3.86. The predicted octanol–water partition coefficient (Wildman–Crippen LogP) is 5.01. The number of carbonyl (C=O) groups excluding carboxylic acids is 1. The van der Waals surface area contributed by atoms with Crippen molar-refractivity contribution in [1.82, 2.24) is 0 Å². The van der Waals surface area contributed by atoms with Gasteiger partial charge in [0.15, 0.2) is 0 Å². The summed E-state index contributed by atoms with van der Waals surface area (Å²) in [5.41, 5.74) is -0.650. The summed E-state index contributed by atoms with van der Waals surface area (Å²) in [6.45, 7) is 0. The van der Waals surface area contributed by atoms with Crippen molar-refractivity contribution in [1.29, 1.82) is 0 Å². The van der Waals surface area contributed by atoms with Gasteiger partial charge >= 0.3 is 5.97 Å². The van der Waals surface area contributed by atoms with Gasteiger partial charge < -0.3 is 10.4 Å². The number of amides is 1. The number of hydrogen-bond acceptors (Lipinski definition) is 2. The summed E-state index contributed by atoms with van der Waals surface area (Å²) in [7, 11) is 0. The molecule has 1 amide bonds. The van der Waals surface area contributed by atoms with Crippen molar-refractivity contribution in [2.24, 2.45) is 5.41 Å². The normalized spacial score (nSPS) is 17.0. The Balaban J connectivity index is 2.12. The minimum absolute atomic E-state index is 0.0705. The van der Waals surface area contributed by atoms with Gasteiger partial charge in [-0.15, -0.1) is 0 Å². The van der Waals surface area contributed by atoms with Crippen LogP contribution in [-0.2, 0) is 9.59 Å². The highest BCUT2D eigenvalue weighted by atomic mass is 35.5. The maximum atomic E-state index is 12.2. The molecule has 1 aromatic carbocycles. The van der Waals surface area contributed by atoms with Crippen LogP contribution < -0.4 is 5.32 Å². The average Bonchev–Trinajstić information content (AvgIpc) is 2.45. The molecule has 1 aliphatic carbocycles. The van der Waals surface area contributed by atoms with Crippen molar-refractivity contribution in [3.8, 4) is 0 Å². The largest absolute Gasteiger partial charge is 0.481 e. The van der Waals surface area contributed by atoms with Gasteiger partial charge in [-0.25, -0.2) is 0 Å². The summed E-state index contributed by atoms with van der Waals surface area (Å²) in [5, 5.41) is 12.9. The topological polar surface area (TPSA) is 66.4 Å². The Bertz CT molecular complexity index is 598. The van der Waals surface area contributed by atoms with Crippen LogP contribution >= 0.6 is 34.8 Å². The van der Waals surface area contributed by atoms with Crippen LogP contribution in [0.2, 0.25) is 15.1 Å². The summed E-state index contributed by atoms with van der Waals surface area (Å²) < 4.78 is 0. The molecule has 0 bridgehead atoms. The van der Waals surface area contributed by atoms with Gasteiger partial charge in [-0.05, 0) is 25.0 Å². The van der Waals surface area contributed by atoms with Crippen molar-refractivity contribution < 1.29 is 14.7 Å². The smallest absolute Gasteiger partial charge is 0.310 e. The number of nitrogens with one attached hydrogen (secondary N) is 1. The van der Waals surface area contributed by atoms with E-state index in [9.17, 15) is 14.7 Å². The van der Waals surface area contributed by atoms with Crippen LogP contribution in [0.3, 0.4) is 0 Å². The molecule has 4 nitrogen and oxygen atoms in total. The van der Waals surface area contributed by atoms with Gasteiger partial charge in [0.2, 0.25) is 5.91 Å². The summed E-state index contributed by atoms with van der Waals surface area (Å²) in [4.78, 5) is 23.8. The van der Waals surface area contributed by atoms with Crippen molar-refractivity contribution in [3.05, 3.63) is 27.2 Å². The van der Waals surface area contributed by atoms with Crippen LogP contribution in [-0.4, -0.2) is 17.0 Å². The number of aliphatic carboxylic acids is 1. The molecule has 1 aliphatic rings. The lowest BCUT2D eigenvalue weighted by molar-refractivity contribution is -0.153. The Morgan fingerprint density at radius 2 is 1.64 bits per heavy atom. The van der Waals surface area contributed by atoms with Gasteiger partial charge in [-0.2, -0.15) is 0 Å². The summed E-state index contributed by atoms with van der Waals surface area (Å²) >= 11 is 17.7. The Labute approximate surface area is 143 Å². The molecule has 7 heteroatoms. The van der Waals surface area contributed by atoms with E-state index in [0.29, 0.717) is 23.6 Å². The van der Waals surface area contributed by atoms with Crippen molar-refractivity contribution >= 4 is 52.4 Å². The zero-order valence-electron chi connectivity index (χ0n) is 11.8. The second-order valence-electron chi connectivity index (χ2n) is 5.62. The molecule has 120 valence electrons. The summed E-state index contributed by atoms with van der Waals surface area (Å²) in [6, 6.07) is 2.90. The van der Waals surface area contributed by atoms with Gasteiger partial charge in [-0.3, -0.25) is 9.59 Å². The summed E-state index contributed by atoms with van der Waals surface area (Å²) in [6.07, 6.45) is 3.63. The van der Waals surface area contributed by atoms with Crippen LogP contribution in [0.5, 0.6) is 0 Å². The number of carbonyl (C=O) groups is 2. The first-order chi connectivity index (χ1) is 10.3. The lowest BCUT2D eigenvalue weighted by atomic mass is 9.71. The first-order valence-corrected chi connectivity index (χ1v) is 8.15. The van der Waals surface area contributed by atoms with Gasteiger partial charge in [0.05, 0.1) is 26.2 Å². The van der Waals surface area contributed by atoms with Gasteiger partial charge in [-0.1, -0.05) is 54.1 Å². The number of halogens is 3. The number of carboxylic acid groups (broad SMARTS) is 1. The van der Waals surface area contributed by atoms with E-state index in [0.717, 1.165) is 19.3 Å². The fourth-order valence-electron chi connectivity index (χ4n) is 2.81. The zero-order chi connectivity index (χ0) is 16.3. The molecule has 22 heavy (non-hydrogen) atoms. The fourth-order valence-corrected chi connectivity index (χ4v) is 3.41. The lowest BCUT2D eigenvalue weighted by Crippen LogP contribution is -2.37. The number of anilines is 1. The molecule has 0 unspecified atom stereocenters. The van der Waals surface area contributed by atoms with Crippen LogP contribution in [0.1, 0.15) is 38.5 Å². The molecule has 2 rings (SSSR count). The van der Waals surface area contributed by atoms with Crippen LogP contribution in [0.4, 0.5) is 5.69 Å². The molecule has 0 aromatic heterocycles. The quantitative estimate of drug-likeness (QED) is 0.738. The molecule has 0 spiro atoms. The maximum absolute atomic E-state index is 12.2. The standard InChI is InChI=1S/C15H16Cl3NO3/c16-9-6-11(18)12(7-10(9)17)19-13(20)8-15(14(21)22)4-2-1-3-5-15/h6-7H,1-5,8H2,(H,19,20)(H,21,22). The van der Waals surface area contributed by atoms with E-state index in [1.165, 1.54) is 12.1 Å². The minimum Gasteiger partial charge on any atom is -0.481 e. The Kier molecular flexibility index (Phi) is 5.59. The molecule has 0 heterocycles. The van der Waals surface area contributed by atoms with E-state index in [-0.39, 0.29) is 22.4 Å². The molecular weight excluding hydrogens is 349 g/mol. The van der Waals surface area contributed by atoms with E-state index < -0.39 is 11.4 Å². The highest BCUT2D eigenvalue weighted by molar-refractivity contribution is 6.44. The average molecular weight is 365 g/mol. The summed E-state index contributed by atoms with van der Waals surface area (Å²) in [5.74, 6) is -1.30. The van der Waals surface area contributed by atoms with Gasteiger partial charge in [0, 0.05) is 6.42 Å². The predicted molar refractivity (Wildman–Crippen MR) is 87.9 cm³/mol. The highest BCUT2D eigenvalue weighted by Gasteiger charge is 2.41. The molecule has 0 radical (unpaired) electrons. The molecule has 1 fully saturated rings. The van der Waals surface area contributed by atoms with Crippen LogP contribution in [0, 0.1) is 5.41 Å². The molecular formula is C15H16Cl3NO3. The van der Waals surface area contributed by atoms with E-state index in [1.54, 1.807) is 0 Å². The van der Waals surface area contributed by atoms with E-state index in [2.05, 4.69) is 5.32 Å². The maximum Gasteiger partial charge on any atom is 0.310 e. The lowest BCUT2D eigenvalue weighted by Gasteiger charge is -2.32. The molecule has 0 atom stereocenters. The van der Waals surface area contributed by atoms with Crippen molar-refractivity contribution in [2.45, 2.75) is 38.5 Å². The van der Waals surface area contributed by atoms with E-state index in [4.69, 9.17) is 34.8 Å². The van der Waals surface area contributed by atoms with Crippen LogP contribution in [0.25, 0.3) is 0 Å². The number of benzene rings is 1. The molecule has 0 aliphatic heterocycles. The van der Waals surface area contributed by atoms with Crippen molar-refractivity contribution in [2.75, 3.05) is 5.32 Å². The Morgan fingerprint density at radius 3 is 2.23 bits per heavy atom.